The van der Waals surface area contributed by atoms with Crippen molar-refractivity contribution < 1.29 is 28.7 Å². The molecule has 2 atom stereocenters. The summed E-state index contributed by atoms with van der Waals surface area (Å²) in [5.74, 6) is -2.44. The number of nitrogens with two attached hydrogens (primary N) is 2. The maximum Gasteiger partial charge on any atom is 0.336 e. The molecule has 0 saturated heterocycles. The van der Waals surface area contributed by atoms with Crippen LogP contribution in [0, 0.1) is 0 Å². The van der Waals surface area contributed by atoms with Crippen molar-refractivity contribution in [2.45, 2.75) is 110 Å². The van der Waals surface area contributed by atoms with Crippen molar-refractivity contribution in [3.8, 4) is 0 Å². The molecule has 0 aliphatic heterocycles. The van der Waals surface area contributed by atoms with E-state index in [1.165, 1.54) is 12.0 Å². The zero-order chi connectivity index (χ0) is 24.9. The normalized spacial score (nSPS) is 14.2. The van der Waals surface area contributed by atoms with E-state index in [2.05, 4.69) is 4.74 Å². The standard InChI is InChI=1S/C23H43N3O6/c1-7-9-12-17(16-18(24)27)26(15-10-8-2)20(29)23(25,14-11-13-19(28)31-6)21(30)32-22(3,4)5/h17H,7-16,25H2,1-6H3,(H2,24,27)/t17-,23-/m0/s1. The largest absolute Gasteiger partial charge is 0.469 e. The van der Waals surface area contributed by atoms with Crippen molar-refractivity contribution in [3.05, 3.63) is 0 Å². The highest BCUT2D eigenvalue weighted by Crippen LogP contribution is 2.25. The van der Waals surface area contributed by atoms with Gasteiger partial charge < -0.3 is 25.8 Å². The monoisotopic (exact) mass is 457 g/mol. The predicted octanol–water partition coefficient (Wildman–Crippen LogP) is 2.43. The van der Waals surface area contributed by atoms with Crippen LogP contribution in [0.3, 0.4) is 0 Å². The second kappa shape index (κ2) is 14.1. The molecule has 0 spiro atoms. The molecule has 9 heteroatoms. The number of carbonyl (C=O) groups is 4. The number of ether oxygens (including phenoxy) is 2. The van der Waals surface area contributed by atoms with E-state index in [1.807, 2.05) is 13.8 Å². The maximum absolute atomic E-state index is 13.8. The summed E-state index contributed by atoms with van der Waals surface area (Å²) in [4.78, 5) is 51.7. The van der Waals surface area contributed by atoms with Gasteiger partial charge >= 0.3 is 11.9 Å². The average Bonchev–Trinajstić information content (AvgIpc) is 2.69. The van der Waals surface area contributed by atoms with Gasteiger partial charge in [0, 0.05) is 25.4 Å². The summed E-state index contributed by atoms with van der Waals surface area (Å²) >= 11 is 0. The van der Waals surface area contributed by atoms with Crippen LogP contribution in [0.2, 0.25) is 0 Å². The van der Waals surface area contributed by atoms with E-state index in [1.54, 1.807) is 20.8 Å². The Balaban J connectivity index is 6.08. The van der Waals surface area contributed by atoms with Crippen molar-refractivity contribution in [1.82, 2.24) is 4.90 Å². The van der Waals surface area contributed by atoms with Crippen LogP contribution in [0.4, 0.5) is 0 Å². The molecule has 0 aromatic rings. The first-order valence-corrected chi connectivity index (χ1v) is 11.5. The van der Waals surface area contributed by atoms with Gasteiger partial charge in [0.1, 0.15) is 5.60 Å². The van der Waals surface area contributed by atoms with Crippen LogP contribution < -0.4 is 11.5 Å². The van der Waals surface area contributed by atoms with E-state index in [0.29, 0.717) is 19.4 Å². The number of methoxy groups -OCH3 is 1. The molecule has 9 nitrogen and oxygen atoms in total. The molecule has 0 aromatic heterocycles. The number of amides is 2. The highest BCUT2D eigenvalue weighted by molar-refractivity contribution is 6.07. The fourth-order valence-corrected chi connectivity index (χ4v) is 3.35. The van der Waals surface area contributed by atoms with E-state index >= 15 is 0 Å². The average molecular weight is 458 g/mol. The molecule has 0 heterocycles. The van der Waals surface area contributed by atoms with Gasteiger partial charge in [-0.1, -0.05) is 33.1 Å². The summed E-state index contributed by atoms with van der Waals surface area (Å²) in [5, 5.41) is 0. The van der Waals surface area contributed by atoms with Crippen molar-refractivity contribution in [1.29, 1.82) is 0 Å². The van der Waals surface area contributed by atoms with E-state index in [4.69, 9.17) is 16.2 Å². The van der Waals surface area contributed by atoms with Crippen LogP contribution in [0.25, 0.3) is 0 Å². The number of primary amides is 1. The first kappa shape index (κ1) is 29.8. The van der Waals surface area contributed by atoms with Gasteiger partial charge in [-0.05, 0) is 46.5 Å². The summed E-state index contributed by atoms with van der Waals surface area (Å²) in [6, 6.07) is -0.461. The lowest BCUT2D eigenvalue weighted by molar-refractivity contribution is -0.168. The van der Waals surface area contributed by atoms with Gasteiger partial charge in [-0.25, -0.2) is 4.79 Å². The molecule has 0 aliphatic rings. The van der Waals surface area contributed by atoms with Gasteiger partial charge in [-0.15, -0.1) is 0 Å². The van der Waals surface area contributed by atoms with E-state index in [0.717, 1.165) is 19.3 Å². The van der Waals surface area contributed by atoms with Crippen molar-refractivity contribution in [2.75, 3.05) is 13.7 Å². The van der Waals surface area contributed by atoms with Crippen molar-refractivity contribution in [2.24, 2.45) is 11.5 Å². The van der Waals surface area contributed by atoms with Crippen molar-refractivity contribution >= 4 is 23.8 Å². The summed E-state index contributed by atoms with van der Waals surface area (Å²) < 4.78 is 10.1. The molecule has 0 radical (unpaired) electrons. The molecule has 0 fully saturated rings. The zero-order valence-electron chi connectivity index (χ0n) is 20.7. The summed E-state index contributed by atoms with van der Waals surface area (Å²) in [6.07, 6.45) is 3.82. The molecular formula is C23H43N3O6. The zero-order valence-corrected chi connectivity index (χ0v) is 20.7. The minimum atomic E-state index is -1.99. The lowest BCUT2D eigenvalue weighted by Gasteiger charge is -2.38. The number of nitrogens with zero attached hydrogens (tertiary/aromatic N) is 1. The van der Waals surface area contributed by atoms with Gasteiger partial charge in [0.2, 0.25) is 5.91 Å². The van der Waals surface area contributed by atoms with Gasteiger partial charge in [-0.3, -0.25) is 14.4 Å². The fraction of sp³-hybridized carbons (Fsp3) is 0.826. The van der Waals surface area contributed by atoms with Crippen LogP contribution in [0.5, 0.6) is 0 Å². The van der Waals surface area contributed by atoms with Crippen LogP contribution in [-0.4, -0.2) is 59.5 Å². The molecule has 186 valence electrons. The lowest BCUT2D eigenvalue weighted by Crippen LogP contribution is -2.64. The topological polar surface area (TPSA) is 142 Å². The Bertz CT molecular complexity index is 632. The Labute approximate surface area is 192 Å². The number of rotatable bonds is 15. The third-order valence-corrected chi connectivity index (χ3v) is 5.11. The lowest BCUT2D eigenvalue weighted by atomic mass is 9.89. The second-order valence-electron chi connectivity index (χ2n) is 9.22. The van der Waals surface area contributed by atoms with Crippen LogP contribution >= 0.6 is 0 Å². The molecule has 0 bridgehead atoms. The minimum Gasteiger partial charge on any atom is -0.469 e. The first-order chi connectivity index (χ1) is 14.8. The minimum absolute atomic E-state index is 0.0119. The number of hydrogen-bond donors (Lipinski definition) is 2. The molecule has 0 unspecified atom stereocenters. The number of esters is 2. The Hall–Kier alpha value is -2.16. The van der Waals surface area contributed by atoms with Gasteiger partial charge in [0.15, 0.2) is 5.54 Å². The highest BCUT2D eigenvalue weighted by atomic mass is 16.6. The molecule has 2 amide bonds. The Morgan fingerprint density at radius 2 is 1.59 bits per heavy atom. The van der Waals surface area contributed by atoms with Gasteiger partial charge in [0.25, 0.3) is 5.91 Å². The van der Waals surface area contributed by atoms with Crippen LogP contribution in [0.15, 0.2) is 0 Å². The van der Waals surface area contributed by atoms with Gasteiger partial charge in [-0.2, -0.15) is 0 Å². The van der Waals surface area contributed by atoms with Gasteiger partial charge in [0.05, 0.1) is 7.11 Å². The third kappa shape index (κ3) is 10.4. The number of carbonyl (C=O) groups excluding carboxylic acids is 4. The highest BCUT2D eigenvalue weighted by Gasteiger charge is 2.48. The first-order valence-electron chi connectivity index (χ1n) is 11.5. The summed E-state index contributed by atoms with van der Waals surface area (Å²) in [6.45, 7) is 9.41. The Morgan fingerprint density at radius 1 is 1.00 bits per heavy atom. The smallest absolute Gasteiger partial charge is 0.336 e. The number of unbranched alkanes of at least 4 members (excludes halogenated alkanes) is 2. The molecule has 0 aromatic carbocycles. The number of hydrogen-bond acceptors (Lipinski definition) is 7. The summed E-state index contributed by atoms with van der Waals surface area (Å²) in [5.41, 5.74) is 9.07. The molecule has 4 N–H and O–H groups in total. The second-order valence-corrected chi connectivity index (χ2v) is 9.22. The summed E-state index contributed by atoms with van der Waals surface area (Å²) in [7, 11) is 1.27. The maximum atomic E-state index is 13.8. The molecule has 0 aliphatic carbocycles. The molecule has 0 saturated carbocycles. The Kier molecular flexibility index (Phi) is 13.1. The van der Waals surface area contributed by atoms with Crippen LogP contribution in [-0.2, 0) is 28.7 Å². The predicted molar refractivity (Wildman–Crippen MR) is 122 cm³/mol. The van der Waals surface area contributed by atoms with E-state index in [9.17, 15) is 19.2 Å². The van der Waals surface area contributed by atoms with Crippen molar-refractivity contribution in [3.63, 3.8) is 0 Å². The SMILES string of the molecule is CCCC[C@@H](CC(N)=O)N(CCCC)C(=O)[C@@](N)(CCCC(=O)OC)C(=O)OC(C)(C)C. The molecule has 0 rings (SSSR count). The molecular weight excluding hydrogens is 414 g/mol. The van der Waals surface area contributed by atoms with E-state index in [-0.39, 0.29) is 25.7 Å². The van der Waals surface area contributed by atoms with E-state index < -0.39 is 40.9 Å². The Morgan fingerprint density at radius 3 is 2.06 bits per heavy atom. The molecule has 32 heavy (non-hydrogen) atoms. The third-order valence-electron chi connectivity index (χ3n) is 5.11. The quantitative estimate of drug-likeness (QED) is 0.284. The fourth-order valence-electron chi connectivity index (χ4n) is 3.35. The van der Waals surface area contributed by atoms with Crippen LogP contribution in [0.1, 0.15) is 92.4 Å².